The van der Waals surface area contributed by atoms with Crippen LogP contribution < -0.4 is 21.3 Å². The summed E-state index contributed by atoms with van der Waals surface area (Å²) < 4.78 is 5.33. The van der Waals surface area contributed by atoms with Gasteiger partial charge in [-0.2, -0.15) is 0 Å². The normalized spacial score (nSPS) is 18.4. The monoisotopic (exact) mass is 321 g/mol. The molecule has 0 radical (unpaired) electrons. The van der Waals surface area contributed by atoms with Gasteiger partial charge in [0.25, 0.3) is 0 Å². The second-order valence-electron chi connectivity index (χ2n) is 6.77. The summed E-state index contributed by atoms with van der Waals surface area (Å²) in [5, 5.41) is 5.94. The number of hydrogen-bond donors (Lipinski definition) is 3. The number of aromatic nitrogens is 1. The SMILES string of the molecule is CNc1nccc(N2CCC[C@@H](NC(=O)OC(C)(C)C)C2)c1N. The van der Waals surface area contributed by atoms with Crippen molar-refractivity contribution in [2.75, 3.05) is 36.1 Å². The number of pyridine rings is 1. The van der Waals surface area contributed by atoms with Crippen LogP contribution in [-0.4, -0.2) is 42.9 Å². The molecule has 1 aliphatic heterocycles. The Balaban J connectivity index is 2.02. The molecule has 1 atom stereocenters. The molecule has 4 N–H and O–H groups in total. The average Bonchev–Trinajstić information content (AvgIpc) is 2.45. The summed E-state index contributed by atoms with van der Waals surface area (Å²) in [6.07, 6.45) is 3.28. The summed E-state index contributed by atoms with van der Waals surface area (Å²) in [5.41, 5.74) is 7.26. The maximum atomic E-state index is 11.9. The predicted octanol–water partition coefficient (Wildman–Crippen LogP) is 2.20. The maximum absolute atomic E-state index is 11.9. The molecule has 1 aromatic heterocycles. The lowest BCUT2D eigenvalue weighted by Gasteiger charge is -2.35. The lowest BCUT2D eigenvalue weighted by atomic mass is 10.0. The Bertz CT molecular complexity index is 556. The van der Waals surface area contributed by atoms with Gasteiger partial charge in [0.15, 0.2) is 5.82 Å². The third-order valence-corrected chi connectivity index (χ3v) is 3.69. The highest BCUT2D eigenvalue weighted by molar-refractivity contribution is 5.78. The van der Waals surface area contributed by atoms with E-state index in [-0.39, 0.29) is 12.1 Å². The van der Waals surface area contributed by atoms with Crippen molar-refractivity contribution in [1.29, 1.82) is 0 Å². The van der Waals surface area contributed by atoms with E-state index in [1.165, 1.54) is 0 Å². The van der Waals surface area contributed by atoms with E-state index in [2.05, 4.69) is 20.5 Å². The average molecular weight is 321 g/mol. The number of nitrogens with two attached hydrogens (primary N) is 1. The van der Waals surface area contributed by atoms with Crippen LogP contribution in [0.1, 0.15) is 33.6 Å². The highest BCUT2D eigenvalue weighted by atomic mass is 16.6. The van der Waals surface area contributed by atoms with E-state index < -0.39 is 5.60 Å². The fourth-order valence-corrected chi connectivity index (χ4v) is 2.73. The standard InChI is InChI=1S/C16H27N5O2/c1-16(2,3)23-15(22)20-11-6-5-9-21(10-11)12-7-8-19-14(18-4)13(12)17/h7-8,11H,5-6,9-10,17H2,1-4H3,(H,18,19)(H,20,22)/t11-/m1/s1. The first-order valence-corrected chi connectivity index (χ1v) is 7.97. The van der Waals surface area contributed by atoms with Gasteiger partial charge >= 0.3 is 6.09 Å². The minimum absolute atomic E-state index is 0.0456. The van der Waals surface area contributed by atoms with Gasteiger partial charge in [-0.15, -0.1) is 0 Å². The number of nitrogens with one attached hydrogen (secondary N) is 2. The van der Waals surface area contributed by atoms with Gasteiger partial charge in [0.05, 0.1) is 11.4 Å². The van der Waals surface area contributed by atoms with Crippen LogP contribution >= 0.6 is 0 Å². The summed E-state index contributed by atoms with van der Waals surface area (Å²) in [7, 11) is 1.80. The van der Waals surface area contributed by atoms with E-state index in [1.54, 1.807) is 13.2 Å². The van der Waals surface area contributed by atoms with Crippen LogP contribution in [0.25, 0.3) is 0 Å². The van der Waals surface area contributed by atoms with Crippen molar-refractivity contribution in [2.45, 2.75) is 45.3 Å². The van der Waals surface area contributed by atoms with Crippen LogP contribution in [0.3, 0.4) is 0 Å². The Morgan fingerprint density at radius 1 is 1.48 bits per heavy atom. The molecule has 0 bridgehead atoms. The van der Waals surface area contributed by atoms with Gasteiger partial charge in [0, 0.05) is 32.4 Å². The van der Waals surface area contributed by atoms with Crippen LogP contribution in [0, 0.1) is 0 Å². The largest absolute Gasteiger partial charge is 0.444 e. The highest BCUT2D eigenvalue weighted by Gasteiger charge is 2.25. The first-order valence-electron chi connectivity index (χ1n) is 7.97. The molecule has 0 saturated carbocycles. The van der Waals surface area contributed by atoms with E-state index >= 15 is 0 Å². The smallest absolute Gasteiger partial charge is 0.407 e. The minimum Gasteiger partial charge on any atom is -0.444 e. The van der Waals surface area contributed by atoms with Gasteiger partial charge in [0.1, 0.15) is 5.60 Å². The molecule has 0 spiro atoms. The fourth-order valence-electron chi connectivity index (χ4n) is 2.73. The van der Waals surface area contributed by atoms with E-state index in [0.717, 1.165) is 25.1 Å². The van der Waals surface area contributed by atoms with Gasteiger partial charge in [0.2, 0.25) is 0 Å². The van der Waals surface area contributed by atoms with Crippen LogP contribution in [0.4, 0.5) is 22.0 Å². The second-order valence-corrected chi connectivity index (χ2v) is 6.77. The molecule has 7 nitrogen and oxygen atoms in total. The predicted molar refractivity (Wildman–Crippen MR) is 92.8 cm³/mol. The summed E-state index contributed by atoms with van der Waals surface area (Å²) >= 11 is 0. The summed E-state index contributed by atoms with van der Waals surface area (Å²) in [5.74, 6) is 0.671. The third kappa shape index (κ3) is 4.64. The van der Waals surface area contributed by atoms with Crippen LogP contribution in [0.15, 0.2) is 12.3 Å². The summed E-state index contributed by atoms with van der Waals surface area (Å²) in [6.45, 7) is 7.19. The van der Waals surface area contributed by atoms with Crippen molar-refractivity contribution < 1.29 is 9.53 Å². The summed E-state index contributed by atoms with van der Waals surface area (Å²) in [4.78, 5) is 18.3. The Morgan fingerprint density at radius 2 is 2.22 bits per heavy atom. The van der Waals surface area contributed by atoms with Gasteiger partial charge in [-0.25, -0.2) is 9.78 Å². The van der Waals surface area contributed by atoms with Crippen LogP contribution in [-0.2, 0) is 4.74 Å². The van der Waals surface area contributed by atoms with Crippen molar-refractivity contribution >= 4 is 23.3 Å². The quantitative estimate of drug-likeness (QED) is 0.790. The number of carbonyl (C=O) groups excluding carboxylic acids is 1. The Morgan fingerprint density at radius 3 is 2.87 bits per heavy atom. The van der Waals surface area contributed by atoms with Crippen molar-refractivity contribution in [1.82, 2.24) is 10.3 Å². The van der Waals surface area contributed by atoms with E-state index in [1.807, 2.05) is 26.8 Å². The first-order chi connectivity index (χ1) is 10.8. The minimum atomic E-state index is -0.490. The number of ether oxygens (including phenoxy) is 1. The van der Waals surface area contributed by atoms with Crippen LogP contribution in [0.5, 0.6) is 0 Å². The van der Waals surface area contributed by atoms with Crippen LogP contribution in [0.2, 0.25) is 0 Å². The topological polar surface area (TPSA) is 92.5 Å². The molecule has 1 saturated heterocycles. The lowest BCUT2D eigenvalue weighted by molar-refractivity contribution is 0.0500. The first kappa shape index (κ1) is 17.2. The number of piperidine rings is 1. The fraction of sp³-hybridized carbons (Fsp3) is 0.625. The molecule has 0 aromatic carbocycles. The molecular formula is C16H27N5O2. The number of anilines is 3. The number of alkyl carbamates (subject to hydrolysis) is 1. The number of nitrogen functional groups attached to an aromatic ring is 1. The van der Waals surface area contributed by atoms with E-state index in [4.69, 9.17) is 10.5 Å². The highest BCUT2D eigenvalue weighted by Crippen LogP contribution is 2.30. The molecule has 0 unspecified atom stereocenters. The Kier molecular flexibility index (Phi) is 5.18. The lowest BCUT2D eigenvalue weighted by Crippen LogP contribution is -2.49. The molecule has 2 heterocycles. The Labute approximate surface area is 137 Å². The Hall–Kier alpha value is -2.18. The van der Waals surface area contributed by atoms with Crippen molar-refractivity contribution in [3.8, 4) is 0 Å². The van der Waals surface area contributed by atoms with Crippen molar-refractivity contribution in [2.24, 2.45) is 0 Å². The summed E-state index contributed by atoms with van der Waals surface area (Å²) in [6, 6.07) is 1.95. The molecule has 0 aliphatic carbocycles. The molecule has 1 aliphatic rings. The third-order valence-electron chi connectivity index (χ3n) is 3.69. The van der Waals surface area contributed by atoms with Gasteiger partial charge in [-0.05, 0) is 39.7 Å². The zero-order valence-corrected chi connectivity index (χ0v) is 14.3. The maximum Gasteiger partial charge on any atom is 0.407 e. The number of hydrogen-bond acceptors (Lipinski definition) is 6. The van der Waals surface area contributed by atoms with Crippen molar-refractivity contribution in [3.05, 3.63) is 12.3 Å². The number of carbonyl (C=O) groups is 1. The molecule has 1 fully saturated rings. The number of amides is 1. The zero-order valence-electron chi connectivity index (χ0n) is 14.3. The van der Waals surface area contributed by atoms with E-state index in [9.17, 15) is 4.79 Å². The molecule has 1 aromatic rings. The molecule has 128 valence electrons. The van der Waals surface area contributed by atoms with E-state index in [0.29, 0.717) is 18.1 Å². The van der Waals surface area contributed by atoms with Gasteiger partial charge in [-0.3, -0.25) is 0 Å². The number of nitrogens with zero attached hydrogens (tertiary/aromatic N) is 2. The number of rotatable bonds is 3. The molecule has 23 heavy (non-hydrogen) atoms. The van der Waals surface area contributed by atoms with Crippen molar-refractivity contribution in [3.63, 3.8) is 0 Å². The molecule has 1 amide bonds. The van der Waals surface area contributed by atoms with Gasteiger partial charge < -0.3 is 26.0 Å². The molecule has 7 heteroatoms. The molecular weight excluding hydrogens is 294 g/mol. The molecule has 2 rings (SSSR count). The zero-order chi connectivity index (χ0) is 17.0. The van der Waals surface area contributed by atoms with Gasteiger partial charge in [-0.1, -0.05) is 0 Å². The second kappa shape index (κ2) is 6.93.